The first-order chi connectivity index (χ1) is 9.22. The molecular formula is C13H15BrFN3O. The summed E-state index contributed by atoms with van der Waals surface area (Å²) in [5.74, 6) is 0.452. The molecule has 1 aliphatic rings. The van der Waals surface area contributed by atoms with Gasteiger partial charge in [-0.1, -0.05) is 0 Å². The Bertz CT molecular complexity index is 542. The molecule has 2 aromatic rings. The summed E-state index contributed by atoms with van der Waals surface area (Å²) < 4.78 is 19.6. The Morgan fingerprint density at radius 2 is 2.16 bits per heavy atom. The second kappa shape index (κ2) is 5.56. The summed E-state index contributed by atoms with van der Waals surface area (Å²) in [6, 6.07) is 3.12. The van der Waals surface area contributed by atoms with Crippen molar-refractivity contribution in [2.24, 2.45) is 0 Å². The number of hydrogen-bond donors (Lipinski definition) is 2. The molecule has 1 aliphatic heterocycles. The van der Waals surface area contributed by atoms with Gasteiger partial charge in [-0.05, 0) is 47.9 Å². The summed E-state index contributed by atoms with van der Waals surface area (Å²) in [7, 11) is 0. The molecule has 2 heterocycles. The zero-order valence-electron chi connectivity index (χ0n) is 10.4. The lowest BCUT2D eigenvalue weighted by molar-refractivity contribution is 0.0182. The van der Waals surface area contributed by atoms with Gasteiger partial charge in [0.05, 0.1) is 21.6 Å². The van der Waals surface area contributed by atoms with Crippen LogP contribution in [-0.2, 0) is 11.3 Å². The molecule has 1 aromatic heterocycles. The normalized spacial score (nSPS) is 17.2. The number of nitrogens with one attached hydrogen (secondary N) is 2. The molecule has 0 radical (unpaired) electrons. The Hall–Kier alpha value is -0.980. The van der Waals surface area contributed by atoms with Crippen LogP contribution in [0.15, 0.2) is 16.6 Å². The third-order valence-corrected chi connectivity index (χ3v) is 3.92. The van der Waals surface area contributed by atoms with Crippen LogP contribution in [0.2, 0.25) is 0 Å². The van der Waals surface area contributed by atoms with Crippen LogP contribution in [0, 0.1) is 5.82 Å². The van der Waals surface area contributed by atoms with Gasteiger partial charge in [0.1, 0.15) is 18.2 Å². The molecule has 4 nitrogen and oxygen atoms in total. The highest BCUT2D eigenvalue weighted by atomic mass is 79.9. The van der Waals surface area contributed by atoms with Crippen molar-refractivity contribution in [1.29, 1.82) is 0 Å². The molecule has 0 unspecified atom stereocenters. The maximum absolute atomic E-state index is 13.4. The van der Waals surface area contributed by atoms with Gasteiger partial charge in [-0.3, -0.25) is 0 Å². The second-order valence-corrected chi connectivity index (χ2v) is 5.58. The lowest BCUT2D eigenvalue weighted by Gasteiger charge is -2.22. The number of piperidine rings is 1. The summed E-state index contributed by atoms with van der Waals surface area (Å²) in [6.45, 7) is 2.45. The zero-order valence-corrected chi connectivity index (χ0v) is 12.0. The predicted molar refractivity (Wildman–Crippen MR) is 74.4 cm³/mol. The minimum atomic E-state index is -0.290. The number of aromatic amines is 1. The van der Waals surface area contributed by atoms with E-state index in [9.17, 15) is 4.39 Å². The van der Waals surface area contributed by atoms with E-state index in [1.807, 2.05) is 0 Å². The molecule has 1 fully saturated rings. The lowest BCUT2D eigenvalue weighted by Crippen LogP contribution is -2.32. The zero-order chi connectivity index (χ0) is 13.2. The standard InChI is InChI=1S/C13H15BrFN3O/c14-9-5-11-12(6-10(9)15)18-13(17-11)7-19-8-1-3-16-4-2-8/h5-6,8,16H,1-4,7H2,(H,17,18). The number of rotatable bonds is 3. The maximum Gasteiger partial charge on any atom is 0.139 e. The van der Waals surface area contributed by atoms with Crippen LogP contribution in [0.3, 0.4) is 0 Å². The van der Waals surface area contributed by atoms with Crippen LogP contribution in [-0.4, -0.2) is 29.2 Å². The number of halogens is 2. The van der Waals surface area contributed by atoms with Crippen molar-refractivity contribution < 1.29 is 9.13 Å². The summed E-state index contributed by atoms with van der Waals surface area (Å²) in [6.07, 6.45) is 2.35. The highest BCUT2D eigenvalue weighted by Gasteiger charge is 2.14. The first-order valence-electron chi connectivity index (χ1n) is 6.38. The first-order valence-corrected chi connectivity index (χ1v) is 7.17. The summed E-state index contributed by atoms with van der Waals surface area (Å²) in [4.78, 5) is 7.50. The average Bonchev–Trinajstić information content (AvgIpc) is 2.80. The molecule has 1 saturated heterocycles. The van der Waals surface area contributed by atoms with Gasteiger partial charge < -0.3 is 15.0 Å². The van der Waals surface area contributed by atoms with E-state index in [0.717, 1.165) is 37.3 Å². The van der Waals surface area contributed by atoms with Gasteiger partial charge in [-0.25, -0.2) is 9.37 Å². The highest BCUT2D eigenvalue weighted by molar-refractivity contribution is 9.10. The lowest BCUT2D eigenvalue weighted by atomic mass is 10.1. The fourth-order valence-electron chi connectivity index (χ4n) is 2.29. The highest BCUT2D eigenvalue weighted by Crippen LogP contribution is 2.22. The number of H-pyrrole nitrogens is 1. The van der Waals surface area contributed by atoms with Crippen LogP contribution in [0.1, 0.15) is 18.7 Å². The van der Waals surface area contributed by atoms with Crippen molar-refractivity contribution in [3.05, 3.63) is 28.2 Å². The molecule has 3 rings (SSSR count). The van der Waals surface area contributed by atoms with Crippen LogP contribution < -0.4 is 5.32 Å². The molecule has 0 aliphatic carbocycles. The number of ether oxygens (including phenoxy) is 1. The van der Waals surface area contributed by atoms with Crippen LogP contribution in [0.25, 0.3) is 11.0 Å². The number of benzene rings is 1. The van der Waals surface area contributed by atoms with E-state index in [0.29, 0.717) is 16.6 Å². The quantitative estimate of drug-likeness (QED) is 0.911. The van der Waals surface area contributed by atoms with E-state index in [1.54, 1.807) is 6.07 Å². The van der Waals surface area contributed by atoms with Crippen molar-refractivity contribution in [3.63, 3.8) is 0 Å². The average molecular weight is 328 g/mol. The van der Waals surface area contributed by atoms with E-state index >= 15 is 0 Å². The van der Waals surface area contributed by atoms with E-state index in [2.05, 4.69) is 31.2 Å². The van der Waals surface area contributed by atoms with E-state index in [1.165, 1.54) is 6.07 Å². The largest absolute Gasteiger partial charge is 0.370 e. The Morgan fingerprint density at radius 3 is 2.95 bits per heavy atom. The molecular weight excluding hydrogens is 313 g/mol. The Labute approximate surface area is 118 Å². The van der Waals surface area contributed by atoms with E-state index in [4.69, 9.17) is 4.74 Å². The van der Waals surface area contributed by atoms with Gasteiger partial charge in [0.15, 0.2) is 0 Å². The smallest absolute Gasteiger partial charge is 0.139 e. The molecule has 0 amide bonds. The van der Waals surface area contributed by atoms with Gasteiger partial charge in [-0.15, -0.1) is 0 Å². The fraction of sp³-hybridized carbons (Fsp3) is 0.462. The first kappa shape index (κ1) is 13.0. The number of fused-ring (bicyclic) bond motifs is 1. The second-order valence-electron chi connectivity index (χ2n) is 4.73. The number of imidazole rings is 1. The minimum Gasteiger partial charge on any atom is -0.370 e. The van der Waals surface area contributed by atoms with Crippen molar-refractivity contribution >= 4 is 27.0 Å². The molecule has 0 bridgehead atoms. The Kier molecular flexibility index (Phi) is 3.81. The number of aromatic nitrogens is 2. The summed E-state index contributed by atoms with van der Waals surface area (Å²) in [5.41, 5.74) is 1.45. The van der Waals surface area contributed by atoms with Crippen molar-refractivity contribution in [2.45, 2.75) is 25.6 Å². The monoisotopic (exact) mass is 327 g/mol. The molecule has 1 aromatic carbocycles. The molecule has 19 heavy (non-hydrogen) atoms. The van der Waals surface area contributed by atoms with Crippen LogP contribution in [0.4, 0.5) is 4.39 Å². The summed E-state index contributed by atoms with van der Waals surface area (Å²) in [5, 5.41) is 3.30. The van der Waals surface area contributed by atoms with Crippen molar-refractivity contribution in [3.8, 4) is 0 Å². The maximum atomic E-state index is 13.4. The van der Waals surface area contributed by atoms with Crippen molar-refractivity contribution in [1.82, 2.24) is 15.3 Å². The molecule has 2 N–H and O–H groups in total. The van der Waals surface area contributed by atoms with Crippen LogP contribution >= 0.6 is 15.9 Å². The SMILES string of the molecule is Fc1cc2[nH]c(COC3CCNCC3)nc2cc1Br. The third kappa shape index (κ3) is 2.96. The van der Waals surface area contributed by atoms with Crippen LogP contribution in [0.5, 0.6) is 0 Å². The van der Waals surface area contributed by atoms with Gasteiger partial charge in [-0.2, -0.15) is 0 Å². The third-order valence-electron chi connectivity index (χ3n) is 3.31. The summed E-state index contributed by atoms with van der Waals surface area (Å²) >= 11 is 3.16. The topological polar surface area (TPSA) is 49.9 Å². The van der Waals surface area contributed by atoms with Crippen molar-refractivity contribution in [2.75, 3.05) is 13.1 Å². The van der Waals surface area contributed by atoms with E-state index in [-0.39, 0.29) is 11.9 Å². The van der Waals surface area contributed by atoms with Gasteiger partial charge in [0, 0.05) is 6.07 Å². The van der Waals surface area contributed by atoms with Gasteiger partial charge in [0.25, 0.3) is 0 Å². The number of hydrogen-bond acceptors (Lipinski definition) is 3. The van der Waals surface area contributed by atoms with E-state index < -0.39 is 0 Å². The molecule has 0 spiro atoms. The van der Waals surface area contributed by atoms with Gasteiger partial charge >= 0.3 is 0 Å². The Balaban J connectivity index is 1.70. The molecule has 0 atom stereocenters. The van der Waals surface area contributed by atoms with Gasteiger partial charge in [0.2, 0.25) is 0 Å². The minimum absolute atomic E-state index is 0.290. The predicted octanol–water partition coefficient (Wildman–Crippen LogP) is 2.73. The fourth-order valence-corrected chi connectivity index (χ4v) is 2.62. The molecule has 0 saturated carbocycles. The number of nitrogens with zero attached hydrogens (tertiary/aromatic N) is 1. The Morgan fingerprint density at radius 1 is 1.37 bits per heavy atom. The molecule has 6 heteroatoms. The molecule has 102 valence electrons.